The van der Waals surface area contributed by atoms with E-state index in [0.717, 1.165) is 16.1 Å². The van der Waals surface area contributed by atoms with Crippen molar-refractivity contribution in [3.05, 3.63) is 57.0 Å². The lowest BCUT2D eigenvalue weighted by Crippen LogP contribution is -2.53. The van der Waals surface area contributed by atoms with Crippen molar-refractivity contribution in [2.45, 2.75) is 52.2 Å². The molecule has 0 bridgehead atoms. The van der Waals surface area contributed by atoms with Gasteiger partial charge >= 0.3 is 0 Å². The highest BCUT2D eigenvalue weighted by Gasteiger charge is 2.33. The Hall–Kier alpha value is -2.20. The minimum Gasteiger partial charge on any atom is -0.497 e. The van der Waals surface area contributed by atoms with Gasteiger partial charge < -0.3 is 15.0 Å². The second-order valence-electron chi connectivity index (χ2n) is 8.60. The van der Waals surface area contributed by atoms with Crippen molar-refractivity contribution >= 4 is 62.3 Å². The number of benzene rings is 2. The van der Waals surface area contributed by atoms with Gasteiger partial charge in [-0.3, -0.25) is 13.9 Å². The SMILES string of the molecule is CC[C@H](C)NC(=O)[C@H](CC)N(Cc1ccc(OC)cc1)C(=O)CN(c1cc(Cl)c(Cl)cc1Cl)S(C)(=O)=O. The van der Waals surface area contributed by atoms with Crippen LogP contribution < -0.4 is 14.4 Å². The van der Waals surface area contributed by atoms with Gasteiger partial charge in [-0.1, -0.05) is 60.8 Å². The number of hydrogen-bond donors (Lipinski definition) is 1. The number of sulfonamides is 1. The highest BCUT2D eigenvalue weighted by Crippen LogP contribution is 2.35. The summed E-state index contributed by atoms with van der Waals surface area (Å²) in [5.41, 5.74) is 0.746. The quantitative estimate of drug-likeness (QED) is 0.344. The number of rotatable bonds is 12. The predicted molar refractivity (Wildman–Crippen MR) is 149 cm³/mol. The van der Waals surface area contributed by atoms with Crippen molar-refractivity contribution in [1.82, 2.24) is 10.2 Å². The van der Waals surface area contributed by atoms with E-state index in [4.69, 9.17) is 39.5 Å². The Morgan fingerprint density at radius 1 is 1.00 bits per heavy atom. The van der Waals surface area contributed by atoms with Crippen molar-refractivity contribution in [1.29, 1.82) is 0 Å². The summed E-state index contributed by atoms with van der Waals surface area (Å²) in [6, 6.07) is 8.73. The number of nitrogens with zero attached hydrogens (tertiary/aromatic N) is 2. The fourth-order valence-corrected chi connectivity index (χ4v) is 5.13. The number of halogens is 3. The highest BCUT2D eigenvalue weighted by molar-refractivity contribution is 7.92. The van der Waals surface area contributed by atoms with E-state index in [0.29, 0.717) is 18.6 Å². The molecule has 0 fully saturated rings. The number of amides is 2. The summed E-state index contributed by atoms with van der Waals surface area (Å²) in [7, 11) is -2.43. The average molecular weight is 593 g/mol. The lowest BCUT2D eigenvalue weighted by molar-refractivity contribution is -0.140. The molecule has 2 aromatic carbocycles. The van der Waals surface area contributed by atoms with Gasteiger partial charge in [0.05, 0.1) is 34.1 Å². The van der Waals surface area contributed by atoms with Gasteiger partial charge in [-0.15, -0.1) is 0 Å². The maximum Gasteiger partial charge on any atom is 0.244 e. The summed E-state index contributed by atoms with van der Waals surface area (Å²) in [6.45, 7) is 5.08. The van der Waals surface area contributed by atoms with E-state index < -0.39 is 28.5 Å². The van der Waals surface area contributed by atoms with E-state index in [1.165, 1.54) is 17.0 Å². The van der Waals surface area contributed by atoms with E-state index in [1.807, 2.05) is 13.8 Å². The summed E-state index contributed by atoms with van der Waals surface area (Å²) in [6.07, 6.45) is 1.99. The Labute approximate surface area is 233 Å². The van der Waals surface area contributed by atoms with Crippen molar-refractivity contribution < 1.29 is 22.7 Å². The molecule has 1 N–H and O–H groups in total. The number of nitrogens with one attached hydrogen (secondary N) is 1. The smallest absolute Gasteiger partial charge is 0.244 e. The molecule has 204 valence electrons. The van der Waals surface area contributed by atoms with Crippen LogP contribution in [0, 0.1) is 0 Å². The molecule has 2 rings (SSSR count). The zero-order valence-corrected chi connectivity index (χ0v) is 24.5. The Morgan fingerprint density at radius 2 is 1.59 bits per heavy atom. The first-order valence-electron chi connectivity index (χ1n) is 11.7. The maximum atomic E-state index is 13.7. The molecule has 0 unspecified atom stereocenters. The topological polar surface area (TPSA) is 96.0 Å². The summed E-state index contributed by atoms with van der Waals surface area (Å²) in [5, 5.41) is 3.15. The fourth-order valence-electron chi connectivity index (χ4n) is 3.59. The summed E-state index contributed by atoms with van der Waals surface area (Å²) >= 11 is 18.4. The van der Waals surface area contributed by atoms with Crippen molar-refractivity contribution in [2.75, 3.05) is 24.2 Å². The molecule has 0 aliphatic heterocycles. The maximum absolute atomic E-state index is 13.7. The van der Waals surface area contributed by atoms with Crippen LogP contribution in [0.4, 0.5) is 5.69 Å². The van der Waals surface area contributed by atoms with Gasteiger partial charge in [-0.25, -0.2) is 8.42 Å². The van der Waals surface area contributed by atoms with Crippen LogP contribution in [-0.4, -0.2) is 57.1 Å². The molecule has 0 radical (unpaired) electrons. The first kappa shape index (κ1) is 31.0. The second-order valence-corrected chi connectivity index (χ2v) is 11.7. The molecule has 37 heavy (non-hydrogen) atoms. The van der Waals surface area contributed by atoms with Gasteiger partial charge in [-0.2, -0.15) is 0 Å². The van der Waals surface area contributed by atoms with Crippen LogP contribution in [-0.2, 0) is 26.2 Å². The van der Waals surface area contributed by atoms with E-state index in [1.54, 1.807) is 38.3 Å². The molecule has 0 heterocycles. The molecule has 2 atom stereocenters. The molecule has 0 saturated heterocycles. The van der Waals surface area contributed by atoms with E-state index in [-0.39, 0.29) is 39.2 Å². The van der Waals surface area contributed by atoms with Gasteiger partial charge in [0.25, 0.3) is 0 Å². The summed E-state index contributed by atoms with van der Waals surface area (Å²) in [5.74, 6) is -0.271. The molecule has 0 saturated carbocycles. The molecule has 0 spiro atoms. The summed E-state index contributed by atoms with van der Waals surface area (Å²) in [4.78, 5) is 28.3. The number of hydrogen-bond acceptors (Lipinski definition) is 5. The van der Waals surface area contributed by atoms with Crippen LogP contribution in [0.1, 0.15) is 39.2 Å². The molecular weight excluding hydrogens is 561 g/mol. The third kappa shape index (κ3) is 8.40. The lowest BCUT2D eigenvalue weighted by atomic mass is 10.1. The third-order valence-electron chi connectivity index (χ3n) is 5.84. The number of anilines is 1. The van der Waals surface area contributed by atoms with E-state index in [9.17, 15) is 18.0 Å². The first-order valence-corrected chi connectivity index (χ1v) is 14.7. The van der Waals surface area contributed by atoms with Crippen LogP contribution in [0.3, 0.4) is 0 Å². The minimum absolute atomic E-state index is 0.00780. The largest absolute Gasteiger partial charge is 0.497 e. The van der Waals surface area contributed by atoms with Crippen molar-refractivity contribution in [2.24, 2.45) is 0 Å². The van der Waals surface area contributed by atoms with Crippen molar-refractivity contribution in [3.8, 4) is 5.75 Å². The molecule has 2 aromatic rings. The number of ether oxygens (including phenoxy) is 1. The lowest BCUT2D eigenvalue weighted by Gasteiger charge is -2.33. The molecule has 0 aliphatic rings. The van der Waals surface area contributed by atoms with Crippen LogP contribution in [0.25, 0.3) is 0 Å². The highest BCUT2D eigenvalue weighted by atomic mass is 35.5. The second kappa shape index (κ2) is 13.6. The number of carbonyl (C=O) groups is 2. The number of carbonyl (C=O) groups excluding carboxylic acids is 2. The Morgan fingerprint density at radius 3 is 2.11 bits per heavy atom. The molecule has 2 amide bonds. The Kier molecular flexibility index (Phi) is 11.4. The minimum atomic E-state index is -3.97. The molecule has 8 nitrogen and oxygen atoms in total. The predicted octanol–water partition coefficient (Wildman–Crippen LogP) is 5.14. The van der Waals surface area contributed by atoms with Crippen LogP contribution >= 0.6 is 34.8 Å². The molecule has 12 heteroatoms. The zero-order valence-electron chi connectivity index (χ0n) is 21.4. The van der Waals surface area contributed by atoms with Crippen LogP contribution in [0.5, 0.6) is 5.75 Å². The Bertz CT molecular complexity index is 1210. The first-order chi connectivity index (χ1) is 17.3. The van der Waals surface area contributed by atoms with Gasteiger partial charge in [-0.05, 0) is 49.6 Å². The monoisotopic (exact) mass is 591 g/mol. The Balaban J connectivity index is 2.50. The standard InChI is InChI=1S/C25H32Cl3N3O5S/c1-6-16(3)29-25(33)22(7-2)30(14-17-8-10-18(36-4)11-9-17)24(32)15-31(37(5,34)35)23-13-20(27)19(26)12-21(23)28/h8-13,16,22H,6-7,14-15H2,1-5H3,(H,29,33)/t16-,22-/m0/s1. The fraction of sp³-hybridized carbons (Fsp3) is 0.440. The van der Waals surface area contributed by atoms with Gasteiger partial charge in [0.1, 0.15) is 18.3 Å². The average Bonchev–Trinajstić information content (AvgIpc) is 2.84. The van der Waals surface area contributed by atoms with Gasteiger partial charge in [0.2, 0.25) is 21.8 Å². The van der Waals surface area contributed by atoms with Crippen LogP contribution in [0.15, 0.2) is 36.4 Å². The van der Waals surface area contributed by atoms with Crippen molar-refractivity contribution in [3.63, 3.8) is 0 Å². The normalized spacial score (nSPS) is 13.0. The molecule has 0 aliphatic carbocycles. The third-order valence-corrected chi connectivity index (χ3v) is 7.99. The number of methoxy groups -OCH3 is 1. The molecular formula is C25H32Cl3N3O5S. The van der Waals surface area contributed by atoms with Gasteiger partial charge in [0.15, 0.2) is 0 Å². The van der Waals surface area contributed by atoms with E-state index in [2.05, 4.69) is 5.32 Å². The summed E-state index contributed by atoms with van der Waals surface area (Å²) < 4.78 is 31.6. The molecule has 0 aromatic heterocycles. The van der Waals surface area contributed by atoms with Crippen LogP contribution in [0.2, 0.25) is 15.1 Å². The van der Waals surface area contributed by atoms with E-state index >= 15 is 0 Å². The van der Waals surface area contributed by atoms with Gasteiger partial charge in [0, 0.05) is 12.6 Å². The zero-order chi connectivity index (χ0) is 27.9.